The van der Waals surface area contributed by atoms with E-state index in [1.165, 1.54) is 24.3 Å². The molecule has 0 unspecified atom stereocenters. The molecule has 45 heavy (non-hydrogen) atoms. The van der Waals surface area contributed by atoms with Crippen LogP contribution in [0.15, 0.2) is 72.8 Å². The third-order valence-electron chi connectivity index (χ3n) is 7.32. The number of nitro groups is 2. The van der Waals surface area contributed by atoms with E-state index in [9.17, 15) is 29.8 Å². The Morgan fingerprint density at radius 2 is 1.11 bits per heavy atom. The van der Waals surface area contributed by atoms with Crippen molar-refractivity contribution in [2.75, 3.05) is 73.0 Å². The molecule has 0 aliphatic carbocycles. The molecule has 3 heterocycles. The van der Waals surface area contributed by atoms with Gasteiger partial charge in [0, 0.05) is 81.0 Å². The standard InChI is InChI=1S/C11H14N2O.C10H10N2O4.C10H12N2O3.H2/c12-9-4-6-10(7-5-9)13-8-2-1-3-11(13)14;13-10-7-16-6-5-11(10)8-1-3-9(4-2-8)12(14)15;13-12(14)10-3-1-9(2-4-10)11-5-7-15-8-6-11;/h4-7H,1-3,8,12H2;1-4H,5-7H2;1-4H,5-8H2;1H. The minimum atomic E-state index is -0.467. The van der Waals surface area contributed by atoms with E-state index >= 15 is 0 Å². The average molecular weight is 623 g/mol. The Morgan fingerprint density at radius 1 is 0.622 bits per heavy atom. The van der Waals surface area contributed by atoms with Crippen molar-refractivity contribution >= 4 is 45.9 Å². The number of nitrogens with two attached hydrogens (primary N) is 1. The number of carbonyl (C=O) groups is 2. The third kappa shape index (κ3) is 9.45. The van der Waals surface area contributed by atoms with Crippen LogP contribution in [-0.2, 0) is 19.1 Å². The lowest BCUT2D eigenvalue weighted by Crippen LogP contribution is -2.41. The van der Waals surface area contributed by atoms with Crippen molar-refractivity contribution in [3.05, 3.63) is 93.0 Å². The molecule has 2 N–H and O–H groups in total. The summed E-state index contributed by atoms with van der Waals surface area (Å²) in [5.41, 5.74) is 9.12. The third-order valence-corrected chi connectivity index (χ3v) is 7.32. The number of nitrogens with zero attached hydrogens (tertiary/aromatic N) is 5. The van der Waals surface area contributed by atoms with E-state index in [1.54, 1.807) is 29.2 Å². The van der Waals surface area contributed by atoms with E-state index in [0.29, 0.717) is 25.3 Å². The molecule has 3 saturated heterocycles. The molecule has 240 valence electrons. The van der Waals surface area contributed by atoms with Crippen molar-refractivity contribution in [2.24, 2.45) is 0 Å². The highest BCUT2D eigenvalue weighted by Gasteiger charge is 2.21. The van der Waals surface area contributed by atoms with Gasteiger partial charge in [-0.1, -0.05) is 0 Å². The number of nitrogen functional groups attached to an aromatic ring is 1. The number of nitro benzene ring substituents is 2. The number of piperidine rings is 1. The molecular formula is C31H38N6O8. The molecule has 6 rings (SSSR count). The fourth-order valence-electron chi connectivity index (χ4n) is 4.89. The summed E-state index contributed by atoms with van der Waals surface area (Å²) in [5, 5.41) is 20.9. The van der Waals surface area contributed by atoms with Gasteiger partial charge in [-0.15, -0.1) is 0 Å². The Bertz CT molecular complexity index is 1450. The summed E-state index contributed by atoms with van der Waals surface area (Å²) in [6.07, 6.45) is 2.78. The van der Waals surface area contributed by atoms with Gasteiger partial charge in [-0.05, 0) is 61.4 Å². The lowest BCUT2D eigenvalue weighted by Gasteiger charge is -2.28. The first kappa shape index (κ1) is 32.8. The number of amides is 2. The Kier molecular flexibility index (Phi) is 11.8. The number of non-ortho nitro benzene ring substituents is 2. The molecule has 0 atom stereocenters. The molecule has 0 saturated carbocycles. The Labute approximate surface area is 261 Å². The second-order valence-corrected chi connectivity index (χ2v) is 10.3. The summed E-state index contributed by atoms with van der Waals surface area (Å²) in [4.78, 5) is 48.7. The van der Waals surface area contributed by atoms with E-state index in [4.69, 9.17) is 15.2 Å². The van der Waals surface area contributed by atoms with Gasteiger partial charge in [-0.2, -0.15) is 0 Å². The molecule has 0 bridgehead atoms. The largest absolute Gasteiger partial charge is 0.399 e. The fraction of sp³-hybridized carbons (Fsp3) is 0.355. The normalized spacial score (nSPS) is 16.6. The lowest BCUT2D eigenvalue weighted by atomic mass is 10.1. The summed E-state index contributed by atoms with van der Waals surface area (Å²) in [7, 11) is 0. The molecule has 0 spiro atoms. The zero-order valence-corrected chi connectivity index (χ0v) is 24.8. The molecule has 3 aromatic rings. The van der Waals surface area contributed by atoms with Crippen LogP contribution in [0.2, 0.25) is 0 Å². The van der Waals surface area contributed by atoms with Crippen LogP contribution in [0.1, 0.15) is 20.7 Å². The number of carbonyl (C=O) groups excluding carboxylic acids is 2. The first-order chi connectivity index (χ1) is 21.7. The number of hydrogen-bond acceptors (Lipinski definition) is 10. The first-order valence-corrected chi connectivity index (χ1v) is 14.6. The Morgan fingerprint density at radius 3 is 1.62 bits per heavy atom. The SMILES string of the molecule is Nc1ccc(N2CCCCC2=O)cc1.O=C1COCCN1c1ccc([N+](=O)[O-])cc1.O=[N+]([O-])c1ccc(N2CCOCC2)cc1.[HH]. The van der Waals surface area contributed by atoms with E-state index in [-0.39, 0.29) is 36.1 Å². The maximum absolute atomic E-state index is 11.6. The zero-order chi connectivity index (χ0) is 32.2. The monoisotopic (exact) mass is 622 g/mol. The molecule has 3 aromatic carbocycles. The quantitative estimate of drug-likeness (QED) is 0.244. The number of ether oxygens (including phenoxy) is 2. The molecule has 3 fully saturated rings. The van der Waals surface area contributed by atoms with Crippen LogP contribution in [0.4, 0.5) is 34.1 Å². The second-order valence-electron chi connectivity index (χ2n) is 10.3. The molecule has 0 radical (unpaired) electrons. The molecular weight excluding hydrogens is 584 g/mol. The highest BCUT2D eigenvalue weighted by Crippen LogP contribution is 2.23. The predicted octanol–water partition coefficient (Wildman–Crippen LogP) is 4.42. The molecule has 2 amide bonds. The van der Waals surface area contributed by atoms with Gasteiger partial charge in [0.05, 0.1) is 29.7 Å². The Balaban J connectivity index is 0.000000186. The smallest absolute Gasteiger partial charge is 0.269 e. The maximum atomic E-state index is 11.6. The number of anilines is 4. The van der Waals surface area contributed by atoms with Crippen molar-refractivity contribution in [3.63, 3.8) is 0 Å². The number of hydrogen-bond donors (Lipinski definition) is 1. The van der Waals surface area contributed by atoms with Crippen molar-refractivity contribution < 1.29 is 30.3 Å². The van der Waals surface area contributed by atoms with Crippen LogP contribution < -0.4 is 20.4 Å². The minimum absolute atomic E-state index is 0. The summed E-state index contributed by atoms with van der Waals surface area (Å²) in [5.74, 6) is 0.0983. The average Bonchev–Trinajstić information content (AvgIpc) is 3.07. The van der Waals surface area contributed by atoms with E-state index in [0.717, 1.165) is 62.8 Å². The van der Waals surface area contributed by atoms with Crippen LogP contribution in [0.3, 0.4) is 0 Å². The molecule has 0 aromatic heterocycles. The maximum Gasteiger partial charge on any atom is 0.269 e. The number of rotatable bonds is 5. The van der Waals surface area contributed by atoms with Crippen LogP contribution >= 0.6 is 0 Å². The molecule has 3 aliphatic heterocycles. The first-order valence-electron chi connectivity index (χ1n) is 14.6. The van der Waals surface area contributed by atoms with Gasteiger partial charge in [0.25, 0.3) is 17.3 Å². The zero-order valence-electron chi connectivity index (χ0n) is 24.8. The van der Waals surface area contributed by atoms with E-state index < -0.39 is 4.92 Å². The fourth-order valence-corrected chi connectivity index (χ4v) is 4.89. The molecule has 14 heteroatoms. The van der Waals surface area contributed by atoms with Gasteiger partial charge in [0.1, 0.15) is 6.61 Å². The highest BCUT2D eigenvalue weighted by atomic mass is 16.6. The topological polar surface area (TPSA) is 175 Å². The van der Waals surface area contributed by atoms with Crippen molar-refractivity contribution in [1.29, 1.82) is 0 Å². The van der Waals surface area contributed by atoms with Crippen LogP contribution in [-0.4, -0.2) is 74.3 Å². The summed E-state index contributed by atoms with van der Waals surface area (Å²) >= 11 is 0. The van der Waals surface area contributed by atoms with Gasteiger partial charge in [-0.25, -0.2) is 0 Å². The molecule has 14 nitrogen and oxygen atoms in total. The lowest BCUT2D eigenvalue weighted by molar-refractivity contribution is -0.385. The van der Waals surface area contributed by atoms with Crippen LogP contribution in [0.5, 0.6) is 0 Å². The van der Waals surface area contributed by atoms with E-state index in [2.05, 4.69) is 4.90 Å². The second kappa shape index (κ2) is 16.1. The summed E-state index contributed by atoms with van der Waals surface area (Å²) < 4.78 is 10.2. The van der Waals surface area contributed by atoms with Gasteiger partial charge >= 0.3 is 0 Å². The Hall–Kier alpha value is -5.08. The van der Waals surface area contributed by atoms with Crippen LogP contribution in [0, 0.1) is 20.2 Å². The van der Waals surface area contributed by atoms with Gasteiger partial charge in [0.2, 0.25) is 5.91 Å². The number of morpholine rings is 2. The minimum Gasteiger partial charge on any atom is -0.399 e. The highest BCUT2D eigenvalue weighted by molar-refractivity contribution is 5.95. The van der Waals surface area contributed by atoms with E-state index in [1.807, 2.05) is 29.2 Å². The predicted molar refractivity (Wildman–Crippen MR) is 172 cm³/mol. The van der Waals surface area contributed by atoms with Crippen molar-refractivity contribution in [2.45, 2.75) is 19.3 Å². The van der Waals surface area contributed by atoms with Gasteiger partial charge in [-0.3, -0.25) is 29.8 Å². The van der Waals surface area contributed by atoms with Crippen molar-refractivity contribution in [1.82, 2.24) is 0 Å². The van der Waals surface area contributed by atoms with Crippen molar-refractivity contribution in [3.8, 4) is 0 Å². The van der Waals surface area contributed by atoms with Gasteiger partial charge in [0.15, 0.2) is 0 Å². The number of benzene rings is 3. The summed E-state index contributed by atoms with van der Waals surface area (Å²) in [6, 6.07) is 20.0. The van der Waals surface area contributed by atoms with Gasteiger partial charge < -0.3 is 29.9 Å². The van der Waals surface area contributed by atoms with Crippen LogP contribution in [0.25, 0.3) is 0 Å². The molecule has 3 aliphatic rings. The summed E-state index contributed by atoms with van der Waals surface area (Å²) in [6.45, 7) is 5.00.